The third kappa shape index (κ3) is 2.33. The number of rotatable bonds is 1. The van der Waals surface area contributed by atoms with E-state index in [4.69, 9.17) is 5.73 Å². The lowest BCUT2D eigenvalue weighted by atomic mass is 10.3. The zero-order chi connectivity index (χ0) is 11.6. The average molecular weight is 221 g/mol. The second kappa shape index (κ2) is 3.71. The quantitative estimate of drug-likeness (QED) is 0.711. The second-order valence-corrected chi connectivity index (χ2v) is 2.48. The molecule has 0 aliphatic rings. The van der Waals surface area contributed by atoms with Crippen molar-refractivity contribution in [2.75, 3.05) is 12.8 Å². The molecule has 1 aromatic rings. The minimum atomic E-state index is -4.64. The monoisotopic (exact) mass is 221 g/mol. The van der Waals surface area contributed by atoms with E-state index < -0.39 is 29.4 Å². The number of halogens is 3. The SMILES string of the molecule is COC(=O)c1ncc(C(F)(F)F)nc1N. The van der Waals surface area contributed by atoms with Crippen molar-refractivity contribution >= 4 is 11.8 Å². The Hall–Kier alpha value is -1.86. The largest absolute Gasteiger partial charge is 0.464 e. The molecule has 0 aromatic carbocycles. The molecule has 1 aromatic heterocycles. The van der Waals surface area contributed by atoms with E-state index in [1.807, 2.05) is 0 Å². The molecule has 0 amide bonds. The maximum absolute atomic E-state index is 12.1. The van der Waals surface area contributed by atoms with Crippen LogP contribution in [0.1, 0.15) is 16.2 Å². The molecule has 0 aliphatic carbocycles. The van der Waals surface area contributed by atoms with Crippen molar-refractivity contribution in [1.29, 1.82) is 0 Å². The first-order valence-corrected chi connectivity index (χ1v) is 3.64. The third-order valence-electron chi connectivity index (χ3n) is 1.47. The summed E-state index contributed by atoms with van der Waals surface area (Å²) in [6.45, 7) is 0. The van der Waals surface area contributed by atoms with Gasteiger partial charge < -0.3 is 10.5 Å². The lowest BCUT2D eigenvalue weighted by Gasteiger charge is -2.07. The molecule has 2 N–H and O–H groups in total. The Kier molecular flexibility index (Phi) is 2.78. The summed E-state index contributed by atoms with van der Waals surface area (Å²) in [5.41, 5.74) is 3.42. The van der Waals surface area contributed by atoms with Crippen LogP contribution in [0.15, 0.2) is 6.20 Å². The Balaban J connectivity index is 3.15. The highest BCUT2D eigenvalue weighted by atomic mass is 19.4. The maximum atomic E-state index is 12.1. The fourth-order valence-electron chi connectivity index (χ4n) is 0.794. The van der Waals surface area contributed by atoms with Gasteiger partial charge in [-0.1, -0.05) is 0 Å². The number of hydrogen-bond donors (Lipinski definition) is 1. The Morgan fingerprint density at radius 3 is 2.53 bits per heavy atom. The van der Waals surface area contributed by atoms with Crippen molar-refractivity contribution in [3.63, 3.8) is 0 Å². The zero-order valence-electron chi connectivity index (χ0n) is 7.50. The number of hydrogen-bond acceptors (Lipinski definition) is 5. The summed E-state index contributed by atoms with van der Waals surface area (Å²) < 4.78 is 40.6. The first kappa shape index (κ1) is 11.2. The van der Waals surface area contributed by atoms with Crippen LogP contribution in [0.5, 0.6) is 0 Å². The molecule has 0 unspecified atom stereocenters. The number of ether oxygens (including phenoxy) is 1. The first-order chi connectivity index (χ1) is 6.86. The number of anilines is 1. The molecule has 8 heteroatoms. The van der Waals surface area contributed by atoms with Crippen LogP contribution in [-0.4, -0.2) is 23.0 Å². The fourth-order valence-corrected chi connectivity index (χ4v) is 0.794. The third-order valence-corrected chi connectivity index (χ3v) is 1.47. The molecular weight excluding hydrogens is 215 g/mol. The van der Waals surface area contributed by atoms with Crippen LogP contribution >= 0.6 is 0 Å². The number of nitrogen functional groups attached to an aromatic ring is 1. The van der Waals surface area contributed by atoms with Crippen molar-refractivity contribution < 1.29 is 22.7 Å². The van der Waals surface area contributed by atoms with E-state index in [9.17, 15) is 18.0 Å². The number of carbonyl (C=O) groups excluding carboxylic acids is 1. The predicted octanol–water partition coefficient (Wildman–Crippen LogP) is 0.864. The smallest absolute Gasteiger partial charge is 0.434 e. The molecule has 0 radical (unpaired) electrons. The fraction of sp³-hybridized carbons (Fsp3) is 0.286. The van der Waals surface area contributed by atoms with Crippen molar-refractivity contribution in [2.45, 2.75) is 6.18 Å². The molecule has 0 spiro atoms. The number of nitrogens with two attached hydrogens (primary N) is 1. The van der Waals surface area contributed by atoms with Gasteiger partial charge in [-0.15, -0.1) is 0 Å². The molecule has 0 bridgehead atoms. The van der Waals surface area contributed by atoms with Gasteiger partial charge in [0, 0.05) is 0 Å². The van der Waals surface area contributed by atoms with Crippen LogP contribution in [0.4, 0.5) is 19.0 Å². The highest BCUT2D eigenvalue weighted by molar-refractivity contribution is 5.91. The summed E-state index contributed by atoms with van der Waals surface area (Å²) in [4.78, 5) is 17.1. The first-order valence-electron chi connectivity index (χ1n) is 3.64. The van der Waals surface area contributed by atoms with E-state index in [1.54, 1.807) is 0 Å². The van der Waals surface area contributed by atoms with E-state index in [2.05, 4.69) is 14.7 Å². The zero-order valence-corrected chi connectivity index (χ0v) is 7.50. The van der Waals surface area contributed by atoms with Crippen LogP contribution in [-0.2, 0) is 10.9 Å². The summed E-state index contributed by atoms with van der Waals surface area (Å²) in [5.74, 6) is -1.55. The van der Waals surface area contributed by atoms with Crippen LogP contribution in [0.2, 0.25) is 0 Å². The van der Waals surface area contributed by atoms with Crippen LogP contribution in [0, 0.1) is 0 Å². The number of esters is 1. The molecular formula is C7H6F3N3O2. The van der Waals surface area contributed by atoms with Crippen molar-refractivity contribution in [3.05, 3.63) is 17.6 Å². The van der Waals surface area contributed by atoms with Crippen molar-refractivity contribution in [3.8, 4) is 0 Å². The number of aromatic nitrogens is 2. The molecule has 0 saturated heterocycles. The van der Waals surface area contributed by atoms with Gasteiger partial charge in [-0.2, -0.15) is 13.2 Å². The van der Waals surface area contributed by atoms with E-state index in [-0.39, 0.29) is 0 Å². The van der Waals surface area contributed by atoms with E-state index in [0.717, 1.165) is 7.11 Å². The molecule has 0 atom stereocenters. The van der Waals surface area contributed by atoms with Crippen LogP contribution in [0.25, 0.3) is 0 Å². The minimum absolute atomic E-state index is 0.419. The van der Waals surface area contributed by atoms with Crippen LogP contribution in [0.3, 0.4) is 0 Å². The van der Waals surface area contributed by atoms with Gasteiger partial charge in [0.2, 0.25) is 0 Å². The highest BCUT2D eigenvalue weighted by Crippen LogP contribution is 2.27. The molecule has 82 valence electrons. The molecule has 15 heavy (non-hydrogen) atoms. The number of alkyl halides is 3. The average Bonchev–Trinajstić information content (AvgIpc) is 2.15. The van der Waals surface area contributed by atoms with Gasteiger partial charge in [0.1, 0.15) is 0 Å². The summed E-state index contributed by atoms with van der Waals surface area (Å²) >= 11 is 0. The molecule has 0 fully saturated rings. The van der Waals surface area contributed by atoms with E-state index >= 15 is 0 Å². The molecule has 5 nitrogen and oxygen atoms in total. The summed E-state index contributed by atoms with van der Waals surface area (Å²) in [6.07, 6.45) is -4.22. The van der Waals surface area contributed by atoms with Gasteiger partial charge in [0.05, 0.1) is 13.3 Å². The van der Waals surface area contributed by atoms with Gasteiger partial charge in [0.25, 0.3) is 0 Å². The topological polar surface area (TPSA) is 78.1 Å². The number of nitrogens with zero attached hydrogens (tertiary/aromatic N) is 2. The standard InChI is InChI=1S/C7H6F3N3O2/c1-15-6(14)4-5(11)13-3(2-12-4)7(8,9)10/h2H,1H3,(H2,11,13). The maximum Gasteiger partial charge on any atom is 0.434 e. The normalized spacial score (nSPS) is 11.2. The van der Waals surface area contributed by atoms with Crippen molar-refractivity contribution in [2.24, 2.45) is 0 Å². The Bertz CT molecular complexity index is 392. The lowest BCUT2D eigenvalue weighted by molar-refractivity contribution is -0.141. The minimum Gasteiger partial charge on any atom is -0.464 e. The molecule has 0 saturated carbocycles. The molecule has 0 aliphatic heterocycles. The van der Waals surface area contributed by atoms with Gasteiger partial charge in [-0.05, 0) is 0 Å². The molecule has 1 heterocycles. The van der Waals surface area contributed by atoms with Crippen LogP contribution < -0.4 is 5.73 Å². The Labute approximate surface area is 82.1 Å². The van der Waals surface area contributed by atoms with Gasteiger partial charge in [0.15, 0.2) is 17.2 Å². The predicted molar refractivity (Wildman–Crippen MR) is 42.8 cm³/mol. The van der Waals surface area contributed by atoms with Gasteiger partial charge in [-0.3, -0.25) is 0 Å². The number of methoxy groups -OCH3 is 1. The lowest BCUT2D eigenvalue weighted by Crippen LogP contribution is -2.15. The Morgan fingerprint density at radius 1 is 1.53 bits per heavy atom. The highest BCUT2D eigenvalue weighted by Gasteiger charge is 2.34. The summed E-state index contributed by atoms with van der Waals surface area (Å²) in [7, 11) is 1.06. The number of carbonyl (C=O) groups is 1. The Morgan fingerprint density at radius 2 is 2.13 bits per heavy atom. The second-order valence-electron chi connectivity index (χ2n) is 2.48. The van der Waals surface area contributed by atoms with E-state index in [1.165, 1.54) is 0 Å². The van der Waals surface area contributed by atoms with E-state index in [0.29, 0.717) is 6.20 Å². The van der Waals surface area contributed by atoms with Gasteiger partial charge in [-0.25, -0.2) is 14.8 Å². The van der Waals surface area contributed by atoms with Gasteiger partial charge >= 0.3 is 12.1 Å². The van der Waals surface area contributed by atoms with Crippen molar-refractivity contribution in [1.82, 2.24) is 9.97 Å². The summed E-state index contributed by atoms with van der Waals surface area (Å²) in [6, 6.07) is 0. The molecule has 1 rings (SSSR count). The summed E-state index contributed by atoms with van der Waals surface area (Å²) in [5, 5.41) is 0.